The van der Waals surface area contributed by atoms with Crippen molar-refractivity contribution >= 4 is 29.7 Å². The second kappa shape index (κ2) is 7.88. The summed E-state index contributed by atoms with van der Waals surface area (Å²) in [6, 6.07) is 20.4. The number of pyridine rings is 1. The molecule has 5 nitrogen and oxygen atoms in total. The molecule has 1 amide bonds. The van der Waals surface area contributed by atoms with Crippen LogP contribution < -0.4 is 5.32 Å². The van der Waals surface area contributed by atoms with E-state index < -0.39 is 6.10 Å². The average Bonchev–Trinajstić information content (AvgIpc) is 3.03. The highest BCUT2D eigenvalue weighted by molar-refractivity contribution is 5.96. The Labute approximate surface area is 162 Å². The molecule has 4 rings (SSSR count). The standard InChI is InChI=1S/C23H18N2O3/c26-22(15-21-19-9-1-2-10-20(19)23(27)28-21)25-18-8-5-6-16(14-18)11-12-17-7-3-4-13-24-17/h1-14,21H,15H2,(H,25,26). The smallest absolute Gasteiger partial charge is 0.339 e. The predicted octanol–water partition coefficient (Wildman–Crippen LogP) is 4.49. The normalized spacial score (nSPS) is 15.3. The molecule has 0 spiro atoms. The Balaban J connectivity index is 1.41. The number of hydrogen-bond acceptors (Lipinski definition) is 4. The first-order valence-electron chi connectivity index (χ1n) is 8.98. The topological polar surface area (TPSA) is 68.3 Å². The number of amides is 1. The molecule has 1 aliphatic rings. The summed E-state index contributed by atoms with van der Waals surface area (Å²) in [6.45, 7) is 0. The van der Waals surface area contributed by atoms with E-state index in [-0.39, 0.29) is 18.3 Å². The van der Waals surface area contributed by atoms with Crippen LogP contribution in [-0.2, 0) is 9.53 Å². The molecule has 0 bridgehead atoms. The highest BCUT2D eigenvalue weighted by Gasteiger charge is 2.31. The fourth-order valence-electron chi connectivity index (χ4n) is 3.13. The summed E-state index contributed by atoms with van der Waals surface area (Å²) in [5, 5.41) is 2.87. The van der Waals surface area contributed by atoms with Gasteiger partial charge in [0.05, 0.1) is 17.7 Å². The van der Waals surface area contributed by atoms with Crippen molar-refractivity contribution in [1.29, 1.82) is 0 Å². The number of nitrogens with zero attached hydrogens (tertiary/aromatic N) is 1. The van der Waals surface area contributed by atoms with Gasteiger partial charge in [-0.15, -0.1) is 0 Å². The first-order valence-corrected chi connectivity index (χ1v) is 8.98. The quantitative estimate of drug-likeness (QED) is 0.672. The second-order valence-corrected chi connectivity index (χ2v) is 6.45. The Bertz CT molecular complexity index is 1040. The van der Waals surface area contributed by atoms with Gasteiger partial charge in [-0.1, -0.05) is 42.5 Å². The third-order valence-corrected chi connectivity index (χ3v) is 4.45. The highest BCUT2D eigenvalue weighted by atomic mass is 16.5. The lowest BCUT2D eigenvalue weighted by molar-refractivity contribution is -0.118. The molecule has 1 unspecified atom stereocenters. The summed E-state index contributed by atoms with van der Waals surface area (Å²) in [5.74, 6) is -0.588. The van der Waals surface area contributed by atoms with Gasteiger partial charge in [0.15, 0.2) is 0 Å². The number of hydrogen-bond donors (Lipinski definition) is 1. The van der Waals surface area contributed by atoms with Crippen LogP contribution in [0.4, 0.5) is 5.69 Å². The number of ether oxygens (including phenoxy) is 1. The summed E-state index contributed by atoms with van der Waals surface area (Å²) in [4.78, 5) is 28.6. The largest absolute Gasteiger partial charge is 0.453 e. The van der Waals surface area contributed by atoms with Gasteiger partial charge in [-0.25, -0.2) is 4.79 Å². The monoisotopic (exact) mass is 370 g/mol. The maximum Gasteiger partial charge on any atom is 0.339 e. The fraction of sp³-hybridized carbons (Fsp3) is 0.0870. The van der Waals surface area contributed by atoms with E-state index in [1.54, 1.807) is 18.3 Å². The van der Waals surface area contributed by atoms with Crippen molar-refractivity contribution in [2.24, 2.45) is 0 Å². The van der Waals surface area contributed by atoms with Crippen molar-refractivity contribution in [1.82, 2.24) is 4.98 Å². The van der Waals surface area contributed by atoms with Crippen LogP contribution in [0.1, 0.15) is 39.7 Å². The van der Waals surface area contributed by atoms with E-state index >= 15 is 0 Å². The molecule has 2 aromatic carbocycles. The number of anilines is 1. The number of fused-ring (bicyclic) bond motifs is 1. The summed E-state index contributed by atoms with van der Waals surface area (Å²) in [6.07, 6.45) is 5.13. The van der Waals surface area contributed by atoms with Crippen molar-refractivity contribution in [3.63, 3.8) is 0 Å². The van der Waals surface area contributed by atoms with Crippen LogP contribution in [0, 0.1) is 0 Å². The van der Waals surface area contributed by atoms with Crippen molar-refractivity contribution in [3.05, 3.63) is 95.3 Å². The van der Waals surface area contributed by atoms with Crippen molar-refractivity contribution in [2.45, 2.75) is 12.5 Å². The number of nitrogens with one attached hydrogen (secondary N) is 1. The molecule has 1 aliphatic heterocycles. The Morgan fingerprint density at radius 2 is 1.89 bits per heavy atom. The van der Waals surface area contributed by atoms with Crippen LogP contribution >= 0.6 is 0 Å². The second-order valence-electron chi connectivity index (χ2n) is 6.45. The van der Waals surface area contributed by atoms with Gasteiger partial charge in [-0.3, -0.25) is 9.78 Å². The lowest BCUT2D eigenvalue weighted by Crippen LogP contribution is -2.15. The Hall–Kier alpha value is -3.73. The van der Waals surface area contributed by atoms with Gasteiger partial charge in [0.1, 0.15) is 6.10 Å². The first kappa shape index (κ1) is 17.7. The summed E-state index contributed by atoms with van der Waals surface area (Å²) >= 11 is 0. The van der Waals surface area contributed by atoms with E-state index in [0.717, 1.165) is 16.8 Å². The number of aromatic nitrogens is 1. The van der Waals surface area contributed by atoms with E-state index in [1.165, 1.54) is 0 Å². The molecule has 0 saturated heterocycles. The molecule has 0 radical (unpaired) electrons. The zero-order chi connectivity index (χ0) is 19.3. The van der Waals surface area contributed by atoms with Crippen molar-refractivity contribution < 1.29 is 14.3 Å². The Morgan fingerprint density at radius 1 is 1.04 bits per heavy atom. The predicted molar refractivity (Wildman–Crippen MR) is 107 cm³/mol. The van der Waals surface area contributed by atoms with E-state index in [9.17, 15) is 9.59 Å². The molecular formula is C23H18N2O3. The summed E-state index contributed by atoms with van der Waals surface area (Å²) in [7, 11) is 0. The zero-order valence-electron chi connectivity index (χ0n) is 15.0. The summed E-state index contributed by atoms with van der Waals surface area (Å²) < 4.78 is 5.33. The van der Waals surface area contributed by atoms with Gasteiger partial charge in [-0.2, -0.15) is 0 Å². The minimum atomic E-state index is -0.545. The van der Waals surface area contributed by atoms with Crippen LogP contribution in [-0.4, -0.2) is 16.9 Å². The number of rotatable bonds is 5. The number of carbonyl (C=O) groups is 2. The molecule has 1 aromatic heterocycles. The van der Waals surface area contributed by atoms with Gasteiger partial charge in [0, 0.05) is 17.4 Å². The number of cyclic esters (lactones) is 1. The molecule has 28 heavy (non-hydrogen) atoms. The van der Waals surface area contributed by atoms with E-state index in [4.69, 9.17) is 4.74 Å². The van der Waals surface area contributed by atoms with Crippen LogP contribution in [0.25, 0.3) is 12.2 Å². The van der Waals surface area contributed by atoms with Gasteiger partial charge >= 0.3 is 5.97 Å². The minimum absolute atomic E-state index is 0.0801. The minimum Gasteiger partial charge on any atom is -0.453 e. The zero-order valence-corrected chi connectivity index (χ0v) is 15.0. The molecule has 5 heteroatoms. The molecule has 1 atom stereocenters. The van der Waals surface area contributed by atoms with Crippen molar-refractivity contribution in [3.8, 4) is 0 Å². The third kappa shape index (κ3) is 3.99. The molecule has 0 saturated carbocycles. The molecule has 0 aliphatic carbocycles. The number of esters is 1. The van der Waals surface area contributed by atoms with E-state index in [1.807, 2.05) is 66.7 Å². The van der Waals surface area contributed by atoms with E-state index in [0.29, 0.717) is 11.3 Å². The Kier molecular flexibility index (Phi) is 4.97. The van der Waals surface area contributed by atoms with Gasteiger partial charge in [-0.05, 0) is 42.0 Å². The van der Waals surface area contributed by atoms with Crippen molar-refractivity contribution in [2.75, 3.05) is 5.32 Å². The maximum atomic E-state index is 12.4. The first-order chi connectivity index (χ1) is 13.7. The molecule has 2 heterocycles. The van der Waals surface area contributed by atoms with Crippen LogP contribution in [0.5, 0.6) is 0 Å². The highest BCUT2D eigenvalue weighted by Crippen LogP contribution is 2.33. The molecule has 1 N–H and O–H groups in total. The van der Waals surface area contributed by atoms with Crippen LogP contribution in [0.15, 0.2) is 72.9 Å². The van der Waals surface area contributed by atoms with Crippen LogP contribution in [0.3, 0.4) is 0 Å². The van der Waals surface area contributed by atoms with Gasteiger partial charge < -0.3 is 10.1 Å². The lowest BCUT2D eigenvalue weighted by Gasteiger charge is -2.11. The molecule has 138 valence electrons. The third-order valence-electron chi connectivity index (χ3n) is 4.45. The van der Waals surface area contributed by atoms with Gasteiger partial charge in [0.2, 0.25) is 5.91 Å². The summed E-state index contributed by atoms with van der Waals surface area (Å²) in [5.41, 5.74) is 3.78. The number of carbonyl (C=O) groups excluding carboxylic acids is 2. The average molecular weight is 370 g/mol. The van der Waals surface area contributed by atoms with Crippen LogP contribution in [0.2, 0.25) is 0 Å². The molecule has 3 aromatic rings. The fourth-order valence-corrected chi connectivity index (χ4v) is 3.13. The Morgan fingerprint density at radius 3 is 2.75 bits per heavy atom. The van der Waals surface area contributed by atoms with E-state index in [2.05, 4.69) is 10.3 Å². The lowest BCUT2D eigenvalue weighted by atomic mass is 10.0. The molecular weight excluding hydrogens is 352 g/mol. The molecule has 0 fully saturated rings. The van der Waals surface area contributed by atoms with Gasteiger partial charge in [0.25, 0.3) is 0 Å². The maximum absolute atomic E-state index is 12.4. The number of benzene rings is 2. The SMILES string of the molecule is O=C(CC1OC(=O)c2ccccc21)Nc1cccc(C=Cc2ccccn2)c1.